The maximum absolute atomic E-state index is 12.4. The molecule has 0 atom stereocenters. The third-order valence-corrected chi connectivity index (χ3v) is 3.92. The van der Waals surface area contributed by atoms with Crippen molar-refractivity contribution in [2.45, 2.75) is 26.3 Å². The summed E-state index contributed by atoms with van der Waals surface area (Å²) in [5.41, 5.74) is 1.22. The van der Waals surface area contributed by atoms with E-state index in [1.165, 1.54) is 13.1 Å². The van der Waals surface area contributed by atoms with Crippen LogP contribution in [0.15, 0.2) is 42.5 Å². The predicted molar refractivity (Wildman–Crippen MR) is 106 cm³/mol. The molecule has 0 fully saturated rings. The van der Waals surface area contributed by atoms with Gasteiger partial charge < -0.3 is 16.0 Å². The normalized spacial score (nSPS) is 10.9. The van der Waals surface area contributed by atoms with Gasteiger partial charge in [-0.3, -0.25) is 14.4 Å². The highest BCUT2D eigenvalue weighted by atomic mass is 35.5. The molecule has 0 radical (unpaired) electrons. The molecule has 2 rings (SSSR count). The second-order valence-corrected chi connectivity index (χ2v) is 7.42. The molecule has 6 nitrogen and oxygen atoms in total. The molecule has 0 bridgehead atoms. The minimum atomic E-state index is -0.358. The summed E-state index contributed by atoms with van der Waals surface area (Å²) in [6.07, 6.45) is 0. The van der Waals surface area contributed by atoms with Crippen LogP contribution in [0.2, 0.25) is 5.02 Å². The largest absolute Gasteiger partial charge is 0.355 e. The molecule has 0 saturated carbocycles. The molecule has 0 unspecified atom stereocenters. The minimum Gasteiger partial charge on any atom is -0.355 e. The van der Waals surface area contributed by atoms with Crippen molar-refractivity contribution >= 4 is 35.0 Å². The lowest BCUT2D eigenvalue weighted by atomic mass is 10.1. The molecule has 27 heavy (non-hydrogen) atoms. The highest BCUT2D eigenvalue weighted by Gasteiger charge is 2.16. The molecule has 2 aromatic rings. The SMILES string of the molecule is CNC(=O)c1cc(NC(=O)c2ccc(C(=O)NC(C)(C)C)cc2)ccc1Cl. The van der Waals surface area contributed by atoms with Crippen molar-refractivity contribution in [1.29, 1.82) is 0 Å². The van der Waals surface area contributed by atoms with Crippen LogP contribution in [0.3, 0.4) is 0 Å². The maximum atomic E-state index is 12.4. The number of hydrogen-bond acceptors (Lipinski definition) is 3. The monoisotopic (exact) mass is 387 g/mol. The van der Waals surface area contributed by atoms with Crippen molar-refractivity contribution in [1.82, 2.24) is 10.6 Å². The Bertz CT molecular complexity index is 871. The van der Waals surface area contributed by atoms with Crippen molar-refractivity contribution in [2.24, 2.45) is 0 Å². The minimum absolute atomic E-state index is 0.206. The molecule has 0 aliphatic heterocycles. The summed E-state index contributed by atoms with van der Waals surface area (Å²) in [5, 5.41) is 8.36. The Labute approximate surface area is 163 Å². The average molecular weight is 388 g/mol. The van der Waals surface area contributed by atoms with Gasteiger partial charge in [-0.05, 0) is 63.2 Å². The van der Waals surface area contributed by atoms with Gasteiger partial charge in [-0.2, -0.15) is 0 Å². The van der Waals surface area contributed by atoms with Crippen LogP contribution < -0.4 is 16.0 Å². The van der Waals surface area contributed by atoms with Gasteiger partial charge in [-0.25, -0.2) is 0 Å². The van der Waals surface area contributed by atoms with Crippen molar-refractivity contribution < 1.29 is 14.4 Å². The molecule has 7 heteroatoms. The van der Waals surface area contributed by atoms with Crippen molar-refractivity contribution in [3.05, 3.63) is 64.2 Å². The van der Waals surface area contributed by atoms with E-state index in [1.807, 2.05) is 20.8 Å². The summed E-state index contributed by atoms with van der Waals surface area (Å²) < 4.78 is 0. The Balaban J connectivity index is 2.13. The van der Waals surface area contributed by atoms with Crippen LogP contribution in [0.4, 0.5) is 5.69 Å². The number of anilines is 1. The van der Waals surface area contributed by atoms with Crippen molar-refractivity contribution in [3.63, 3.8) is 0 Å². The van der Waals surface area contributed by atoms with Crippen LogP contribution in [0.1, 0.15) is 51.8 Å². The highest BCUT2D eigenvalue weighted by molar-refractivity contribution is 6.34. The molecule has 0 aliphatic carbocycles. The van der Waals surface area contributed by atoms with Gasteiger partial charge in [0.1, 0.15) is 0 Å². The highest BCUT2D eigenvalue weighted by Crippen LogP contribution is 2.21. The Hall–Kier alpha value is -2.86. The summed E-state index contributed by atoms with van der Waals surface area (Å²) >= 11 is 6.00. The first-order valence-electron chi connectivity index (χ1n) is 8.36. The van der Waals surface area contributed by atoms with Gasteiger partial charge in [0.2, 0.25) is 0 Å². The van der Waals surface area contributed by atoms with E-state index in [4.69, 9.17) is 11.6 Å². The number of carbonyl (C=O) groups is 3. The zero-order chi connectivity index (χ0) is 20.2. The molecule has 3 N–H and O–H groups in total. The molecule has 0 aliphatic rings. The van der Waals surface area contributed by atoms with Crippen LogP contribution >= 0.6 is 11.6 Å². The Morgan fingerprint density at radius 2 is 1.41 bits per heavy atom. The Morgan fingerprint density at radius 3 is 1.93 bits per heavy atom. The second kappa shape index (κ2) is 8.22. The number of halogens is 1. The number of carbonyl (C=O) groups excluding carboxylic acids is 3. The lowest BCUT2D eigenvalue weighted by Gasteiger charge is -2.20. The fraction of sp³-hybridized carbons (Fsp3) is 0.250. The summed E-state index contributed by atoms with van der Waals surface area (Å²) in [7, 11) is 1.50. The van der Waals surface area contributed by atoms with E-state index in [0.29, 0.717) is 21.8 Å². The molecule has 142 valence electrons. The predicted octanol–water partition coefficient (Wildman–Crippen LogP) is 3.48. The van der Waals surface area contributed by atoms with Crippen LogP contribution in [0.5, 0.6) is 0 Å². The zero-order valence-electron chi connectivity index (χ0n) is 15.6. The van der Waals surface area contributed by atoms with Crippen LogP contribution in [-0.2, 0) is 0 Å². The van der Waals surface area contributed by atoms with E-state index in [9.17, 15) is 14.4 Å². The van der Waals surface area contributed by atoms with E-state index >= 15 is 0 Å². The van der Waals surface area contributed by atoms with E-state index in [2.05, 4.69) is 16.0 Å². The zero-order valence-corrected chi connectivity index (χ0v) is 16.4. The number of nitrogens with one attached hydrogen (secondary N) is 3. The lowest BCUT2D eigenvalue weighted by molar-refractivity contribution is 0.0917. The van der Waals surface area contributed by atoms with Crippen molar-refractivity contribution in [2.75, 3.05) is 12.4 Å². The Kier molecular flexibility index (Phi) is 6.23. The third-order valence-electron chi connectivity index (χ3n) is 3.59. The molecule has 0 saturated heterocycles. The molecule has 3 amide bonds. The van der Waals surface area contributed by atoms with Crippen LogP contribution in [0.25, 0.3) is 0 Å². The van der Waals surface area contributed by atoms with Crippen molar-refractivity contribution in [3.8, 4) is 0 Å². The summed E-state index contributed by atoms with van der Waals surface area (Å²) in [6, 6.07) is 11.0. The summed E-state index contributed by atoms with van der Waals surface area (Å²) in [6.45, 7) is 5.68. The average Bonchev–Trinajstić information content (AvgIpc) is 2.61. The lowest BCUT2D eigenvalue weighted by Crippen LogP contribution is -2.40. The van der Waals surface area contributed by atoms with E-state index in [-0.39, 0.29) is 28.8 Å². The van der Waals surface area contributed by atoms with Gasteiger partial charge in [-0.1, -0.05) is 11.6 Å². The first kappa shape index (κ1) is 20.5. The molecule has 2 aromatic carbocycles. The van der Waals surface area contributed by atoms with Gasteiger partial charge in [0.25, 0.3) is 17.7 Å². The molecular weight excluding hydrogens is 366 g/mol. The van der Waals surface area contributed by atoms with Gasteiger partial charge >= 0.3 is 0 Å². The number of benzene rings is 2. The number of amides is 3. The molecule has 0 aromatic heterocycles. The number of hydrogen-bond donors (Lipinski definition) is 3. The van der Waals surface area contributed by atoms with Crippen LogP contribution in [0, 0.1) is 0 Å². The van der Waals surface area contributed by atoms with Gasteiger partial charge in [0.05, 0.1) is 10.6 Å². The molecule has 0 heterocycles. The quantitative estimate of drug-likeness (QED) is 0.750. The number of rotatable bonds is 4. The first-order valence-corrected chi connectivity index (χ1v) is 8.74. The van der Waals surface area contributed by atoms with Gasteiger partial charge in [-0.15, -0.1) is 0 Å². The molecule has 0 spiro atoms. The van der Waals surface area contributed by atoms with Gasteiger partial charge in [0.15, 0.2) is 0 Å². The second-order valence-electron chi connectivity index (χ2n) is 7.01. The Morgan fingerprint density at radius 1 is 0.852 bits per heavy atom. The standard InChI is InChI=1S/C20H22ClN3O3/c1-20(2,3)24-18(26)13-7-5-12(6-8-13)17(25)23-14-9-10-16(21)15(11-14)19(27)22-4/h5-11H,1-4H3,(H,22,27)(H,23,25)(H,24,26). The fourth-order valence-corrected chi connectivity index (χ4v) is 2.50. The smallest absolute Gasteiger partial charge is 0.255 e. The van der Waals surface area contributed by atoms with Gasteiger partial charge in [0, 0.05) is 29.4 Å². The fourth-order valence-electron chi connectivity index (χ4n) is 2.30. The summed E-state index contributed by atoms with van der Waals surface area (Å²) in [4.78, 5) is 36.3. The van der Waals surface area contributed by atoms with E-state index in [0.717, 1.165) is 0 Å². The topological polar surface area (TPSA) is 87.3 Å². The van der Waals surface area contributed by atoms with Crippen LogP contribution in [-0.4, -0.2) is 30.3 Å². The maximum Gasteiger partial charge on any atom is 0.255 e. The first-order chi connectivity index (χ1) is 12.6. The van der Waals surface area contributed by atoms with E-state index < -0.39 is 0 Å². The third kappa shape index (κ3) is 5.56. The molecular formula is C20H22ClN3O3. The summed E-state index contributed by atoms with van der Waals surface area (Å²) in [5.74, 6) is -0.907. The van der Waals surface area contributed by atoms with E-state index in [1.54, 1.807) is 36.4 Å².